The zero-order valence-electron chi connectivity index (χ0n) is 11.5. The summed E-state index contributed by atoms with van der Waals surface area (Å²) < 4.78 is 5.20. The number of aliphatic carboxylic acids is 1. The first-order chi connectivity index (χ1) is 9.95. The van der Waals surface area contributed by atoms with Crippen LogP contribution in [-0.4, -0.2) is 52.8 Å². The topological polar surface area (TPSA) is 87.1 Å². The van der Waals surface area contributed by atoms with Gasteiger partial charge in [-0.15, -0.1) is 0 Å². The zero-order valence-corrected chi connectivity index (χ0v) is 12.2. The highest BCUT2D eigenvalue weighted by Gasteiger charge is 2.40. The van der Waals surface area contributed by atoms with E-state index in [1.54, 1.807) is 6.92 Å². The number of aromatic hydroxyl groups is 1. The van der Waals surface area contributed by atoms with Gasteiger partial charge in [-0.2, -0.15) is 0 Å². The van der Waals surface area contributed by atoms with Crippen molar-refractivity contribution >= 4 is 23.5 Å². The lowest BCUT2D eigenvalue weighted by Crippen LogP contribution is -2.46. The maximum absolute atomic E-state index is 12.6. The van der Waals surface area contributed by atoms with Gasteiger partial charge in [0.1, 0.15) is 11.7 Å². The van der Waals surface area contributed by atoms with Crippen molar-refractivity contribution in [2.45, 2.75) is 13.0 Å². The van der Waals surface area contributed by atoms with Crippen LogP contribution in [0.2, 0.25) is 5.02 Å². The third-order valence-corrected chi connectivity index (χ3v) is 3.88. The first kappa shape index (κ1) is 15.6. The van der Waals surface area contributed by atoms with Crippen molar-refractivity contribution in [3.8, 4) is 5.75 Å². The fourth-order valence-corrected chi connectivity index (χ4v) is 2.65. The lowest BCUT2D eigenvalue weighted by Gasteiger charge is -2.29. The summed E-state index contributed by atoms with van der Waals surface area (Å²) in [6, 6.07) is 3.54. The highest BCUT2D eigenvalue weighted by atomic mass is 35.5. The number of carbonyl (C=O) groups is 2. The molecule has 0 aliphatic carbocycles. The molecule has 0 aromatic heterocycles. The van der Waals surface area contributed by atoms with Crippen molar-refractivity contribution < 1.29 is 24.5 Å². The molecule has 2 rings (SSSR count). The van der Waals surface area contributed by atoms with Crippen molar-refractivity contribution in [2.24, 2.45) is 5.92 Å². The second-order valence-corrected chi connectivity index (χ2v) is 5.21. The van der Waals surface area contributed by atoms with Gasteiger partial charge in [0, 0.05) is 6.54 Å². The molecule has 2 atom stereocenters. The Hall–Kier alpha value is -1.79. The molecule has 1 aromatic rings. The normalized spacial score (nSPS) is 21.2. The number of carboxylic acids is 1. The van der Waals surface area contributed by atoms with Crippen LogP contribution in [0.4, 0.5) is 0 Å². The molecule has 7 heteroatoms. The Bertz CT molecular complexity index is 562. The number of benzene rings is 1. The van der Waals surface area contributed by atoms with Gasteiger partial charge < -0.3 is 19.8 Å². The number of likely N-dealkylation sites (N-methyl/N-ethyl adjacent to an activating group) is 1. The number of amides is 1. The third kappa shape index (κ3) is 3.11. The molecule has 114 valence electrons. The number of carboxylic acid groups (broad SMARTS) is 1. The SMILES string of the molecule is CCN(C(=O)c1cc(O)ccc1Cl)C1COCC1C(=O)O. The molecule has 1 amide bonds. The number of phenols is 1. The van der Waals surface area contributed by atoms with Crippen molar-refractivity contribution in [3.05, 3.63) is 28.8 Å². The van der Waals surface area contributed by atoms with Crippen LogP contribution in [0.1, 0.15) is 17.3 Å². The fourth-order valence-electron chi connectivity index (χ4n) is 2.45. The Labute approximate surface area is 126 Å². The molecule has 1 aliphatic heterocycles. The molecule has 0 spiro atoms. The molecule has 1 saturated heterocycles. The minimum absolute atomic E-state index is 0.0729. The van der Waals surface area contributed by atoms with E-state index in [0.717, 1.165) is 0 Å². The number of hydrogen-bond donors (Lipinski definition) is 2. The molecule has 0 bridgehead atoms. The summed E-state index contributed by atoms with van der Waals surface area (Å²) >= 11 is 5.99. The second-order valence-electron chi connectivity index (χ2n) is 4.80. The van der Waals surface area contributed by atoms with Gasteiger partial charge in [-0.3, -0.25) is 9.59 Å². The lowest BCUT2D eigenvalue weighted by atomic mass is 10.0. The molecular weight excluding hydrogens is 298 g/mol. The smallest absolute Gasteiger partial charge is 0.311 e. The van der Waals surface area contributed by atoms with Crippen LogP contribution in [-0.2, 0) is 9.53 Å². The molecule has 1 aromatic carbocycles. The van der Waals surface area contributed by atoms with E-state index in [9.17, 15) is 19.8 Å². The molecule has 1 aliphatic rings. The van der Waals surface area contributed by atoms with Gasteiger partial charge in [-0.05, 0) is 25.1 Å². The standard InChI is InChI=1S/C14H16ClNO5/c1-2-16(12-7-21-6-10(12)14(19)20)13(18)9-5-8(17)3-4-11(9)15/h3-5,10,12,17H,2,6-7H2,1H3,(H,19,20). The average Bonchev–Trinajstić information content (AvgIpc) is 2.91. The largest absolute Gasteiger partial charge is 0.508 e. The van der Waals surface area contributed by atoms with Crippen molar-refractivity contribution in [3.63, 3.8) is 0 Å². The Kier molecular flexibility index (Phi) is 4.69. The molecule has 2 unspecified atom stereocenters. The Morgan fingerprint density at radius 1 is 1.43 bits per heavy atom. The highest BCUT2D eigenvalue weighted by Crippen LogP contribution is 2.26. The van der Waals surface area contributed by atoms with Crippen LogP contribution in [0.3, 0.4) is 0 Å². The van der Waals surface area contributed by atoms with Crippen LogP contribution in [0, 0.1) is 5.92 Å². The molecule has 6 nitrogen and oxygen atoms in total. The van der Waals surface area contributed by atoms with Gasteiger partial charge in [-0.25, -0.2) is 0 Å². The van der Waals surface area contributed by atoms with E-state index in [-0.39, 0.29) is 29.5 Å². The van der Waals surface area contributed by atoms with E-state index in [4.69, 9.17) is 16.3 Å². The molecule has 0 saturated carbocycles. The molecule has 21 heavy (non-hydrogen) atoms. The monoisotopic (exact) mass is 313 g/mol. The highest BCUT2D eigenvalue weighted by molar-refractivity contribution is 6.33. The van der Waals surface area contributed by atoms with Crippen LogP contribution in [0.25, 0.3) is 0 Å². The molecule has 1 fully saturated rings. The van der Waals surface area contributed by atoms with E-state index in [1.165, 1.54) is 23.1 Å². The number of ether oxygens (including phenoxy) is 1. The van der Waals surface area contributed by atoms with Crippen molar-refractivity contribution in [1.82, 2.24) is 4.90 Å². The fraction of sp³-hybridized carbons (Fsp3) is 0.429. The summed E-state index contributed by atoms with van der Waals surface area (Å²) in [5.41, 5.74) is 0.148. The number of carbonyl (C=O) groups excluding carboxylic acids is 1. The maximum atomic E-state index is 12.6. The summed E-state index contributed by atoms with van der Waals surface area (Å²) in [6.07, 6.45) is 0. The molecule has 1 heterocycles. The number of halogens is 1. The van der Waals surface area contributed by atoms with E-state index < -0.39 is 23.8 Å². The Morgan fingerprint density at radius 2 is 2.14 bits per heavy atom. The summed E-state index contributed by atoms with van der Waals surface area (Å²) in [5, 5.41) is 18.9. The summed E-state index contributed by atoms with van der Waals surface area (Å²) in [5.74, 6) is -2.24. The predicted molar refractivity (Wildman–Crippen MR) is 75.6 cm³/mol. The van der Waals surface area contributed by atoms with Crippen LogP contribution >= 0.6 is 11.6 Å². The first-order valence-electron chi connectivity index (χ1n) is 6.55. The summed E-state index contributed by atoms with van der Waals surface area (Å²) in [4.78, 5) is 25.2. The van der Waals surface area contributed by atoms with Crippen LogP contribution < -0.4 is 0 Å². The predicted octanol–water partition coefficient (Wildman–Crippen LogP) is 1.61. The van der Waals surface area contributed by atoms with Gasteiger partial charge in [0.25, 0.3) is 5.91 Å². The minimum Gasteiger partial charge on any atom is -0.508 e. The summed E-state index contributed by atoms with van der Waals surface area (Å²) in [6.45, 7) is 2.33. The average molecular weight is 314 g/mol. The molecular formula is C14H16ClNO5. The number of nitrogens with zero attached hydrogens (tertiary/aromatic N) is 1. The van der Waals surface area contributed by atoms with Gasteiger partial charge in [-0.1, -0.05) is 11.6 Å². The summed E-state index contributed by atoms with van der Waals surface area (Å²) in [7, 11) is 0. The van der Waals surface area contributed by atoms with Crippen molar-refractivity contribution in [2.75, 3.05) is 19.8 Å². The lowest BCUT2D eigenvalue weighted by molar-refractivity contribution is -0.142. The van der Waals surface area contributed by atoms with E-state index in [0.29, 0.717) is 6.54 Å². The maximum Gasteiger partial charge on any atom is 0.311 e. The van der Waals surface area contributed by atoms with Crippen molar-refractivity contribution in [1.29, 1.82) is 0 Å². The van der Waals surface area contributed by atoms with Gasteiger partial charge in [0.15, 0.2) is 0 Å². The minimum atomic E-state index is -0.995. The molecule has 0 radical (unpaired) electrons. The van der Waals surface area contributed by atoms with Gasteiger partial charge in [0.05, 0.1) is 29.8 Å². The van der Waals surface area contributed by atoms with Gasteiger partial charge in [0.2, 0.25) is 0 Å². The number of hydrogen-bond acceptors (Lipinski definition) is 4. The Morgan fingerprint density at radius 3 is 2.76 bits per heavy atom. The van der Waals surface area contributed by atoms with Crippen LogP contribution in [0.5, 0.6) is 5.75 Å². The number of phenolic OH excluding ortho intramolecular Hbond substituents is 1. The zero-order chi connectivity index (χ0) is 15.6. The van der Waals surface area contributed by atoms with E-state index in [2.05, 4.69) is 0 Å². The van der Waals surface area contributed by atoms with E-state index in [1.807, 2.05) is 0 Å². The number of rotatable bonds is 4. The quantitative estimate of drug-likeness (QED) is 0.881. The van der Waals surface area contributed by atoms with E-state index >= 15 is 0 Å². The van der Waals surface area contributed by atoms with Crippen LogP contribution in [0.15, 0.2) is 18.2 Å². The third-order valence-electron chi connectivity index (χ3n) is 3.55. The first-order valence-corrected chi connectivity index (χ1v) is 6.93. The second kappa shape index (κ2) is 6.32. The van der Waals surface area contributed by atoms with Gasteiger partial charge >= 0.3 is 5.97 Å². The molecule has 2 N–H and O–H groups in total. The Balaban J connectivity index is 2.30.